The van der Waals surface area contributed by atoms with Crippen LogP contribution in [0.25, 0.3) is 11.3 Å². The lowest BCUT2D eigenvalue weighted by Crippen LogP contribution is -2.32. The molecule has 0 radical (unpaired) electrons. The molecule has 0 N–H and O–H groups in total. The second-order valence-corrected chi connectivity index (χ2v) is 7.72. The second kappa shape index (κ2) is 7.64. The largest absolute Gasteiger partial charge is 0.478 e. The van der Waals surface area contributed by atoms with Crippen LogP contribution in [0.1, 0.15) is 42.5 Å². The zero-order valence-electron chi connectivity index (χ0n) is 15.2. The summed E-state index contributed by atoms with van der Waals surface area (Å²) in [6.07, 6.45) is 0.510. The molecule has 142 valence electrons. The first-order valence-corrected chi connectivity index (χ1v) is 10.1. The standard InChI is InChI=1S/C21H21FO4S/c1-3-21(2)20(23)18(16-8-4-14(12-22)5-9-16)19(26-21)17-10-6-15(7-11-17)13-27(24)25/h4-11,27H,3,12-13H2,1-2H3. The first-order valence-electron chi connectivity index (χ1n) is 8.72. The van der Waals surface area contributed by atoms with Crippen LogP contribution >= 0.6 is 0 Å². The molecule has 0 fully saturated rings. The SMILES string of the molecule is CCC1(C)OC(c2ccc(C[SH](=O)=O)cc2)=C(c2ccc(CF)cc2)C1=O. The van der Waals surface area contributed by atoms with Gasteiger partial charge in [0.05, 0.1) is 11.3 Å². The van der Waals surface area contributed by atoms with E-state index in [1.807, 2.05) is 6.92 Å². The van der Waals surface area contributed by atoms with E-state index in [4.69, 9.17) is 4.74 Å². The van der Waals surface area contributed by atoms with Crippen LogP contribution in [0.2, 0.25) is 0 Å². The maximum Gasteiger partial charge on any atom is 0.210 e. The molecule has 2 aromatic carbocycles. The average Bonchev–Trinajstić information content (AvgIpc) is 2.94. The predicted molar refractivity (Wildman–Crippen MR) is 103 cm³/mol. The van der Waals surface area contributed by atoms with Crippen molar-refractivity contribution in [3.05, 3.63) is 70.8 Å². The fourth-order valence-corrected chi connectivity index (χ4v) is 3.57. The summed E-state index contributed by atoms with van der Waals surface area (Å²) < 4.78 is 40.7. The van der Waals surface area contributed by atoms with Crippen LogP contribution in [-0.4, -0.2) is 19.8 Å². The third-order valence-electron chi connectivity index (χ3n) is 4.86. The molecule has 1 unspecified atom stereocenters. The number of carbonyl (C=O) groups is 1. The minimum absolute atomic E-state index is 0.0291. The normalized spacial score (nSPS) is 19.6. The summed E-state index contributed by atoms with van der Waals surface area (Å²) in [4.78, 5) is 13.1. The molecule has 0 saturated heterocycles. The van der Waals surface area contributed by atoms with E-state index in [0.29, 0.717) is 40.0 Å². The van der Waals surface area contributed by atoms with Gasteiger partial charge in [0.1, 0.15) is 23.1 Å². The molecule has 1 heterocycles. The van der Waals surface area contributed by atoms with Crippen molar-refractivity contribution in [2.24, 2.45) is 0 Å². The lowest BCUT2D eigenvalue weighted by Gasteiger charge is -2.21. The number of Topliss-reactive ketones (excluding diaryl/α,β-unsaturated/α-hetero) is 1. The molecule has 2 aromatic rings. The number of ether oxygens (including phenoxy) is 1. The van der Waals surface area contributed by atoms with Gasteiger partial charge in [-0.05, 0) is 30.0 Å². The van der Waals surface area contributed by atoms with Crippen molar-refractivity contribution < 1.29 is 22.3 Å². The summed E-state index contributed by atoms with van der Waals surface area (Å²) in [5.74, 6) is 0.328. The summed E-state index contributed by atoms with van der Waals surface area (Å²) in [5.41, 5.74) is 2.10. The second-order valence-electron chi connectivity index (χ2n) is 6.74. The molecular formula is C21H21FO4S. The number of rotatable bonds is 6. The van der Waals surface area contributed by atoms with Gasteiger partial charge in [0.25, 0.3) is 0 Å². The Morgan fingerprint density at radius 2 is 1.52 bits per heavy atom. The van der Waals surface area contributed by atoms with Crippen LogP contribution in [0, 0.1) is 0 Å². The van der Waals surface area contributed by atoms with Crippen LogP contribution in [0.5, 0.6) is 0 Å². The predicted octanol–water partition coefficient (Wildman–Crippen LogP) is 3.90. The summed E-state index contributed by atoms with van der Waals surface area (Å²) in [5, 5.41) is 0. The maximum atomic E-state index is 13.1. The molecule has 0 amide bonds. The Morgan fingerprint density at radius 3 is 2.04 bits per heavy atom. The monoisotopic (exact) mass is 388 g/mol. The van der Waals surface area contributed by atoms with Crippen LogP contribution < -0.4 is 0 Å². The summed E-state index contributed by atoms with van der Waals surface area (Å²) in [6.45, 7) is 3.08. The minimum atomic E-state index is -2.50. The van der Waals surface area contributed by atoms with Gasteiger partial charge in [0.2, 0.25) is 5.78 Å². The van der Waals surface area contributed by atoms with Crippen LogP contribution in [0.4, 0.5) is 4.39 Å². The highest BCUT2D eigenvalue weighted by molar-refractivity contribution is 7.71. The third-order valence-corrected chi connectivity index (χ3v) is 5.48. The Balaban J connectivity index is 2.08. The van der Waals surface area contributed by atoms with Crippen molar-refractivity contribution in [1.29, 1.82) is 0 Å². The van der Waals surface area contributed by atoms with Gasteiger partial charge < -0.3 is 4.74 Å². The molecule has 1 aliphatic rings. The summed E-state index contributed by atoms with van der Waals surface area (Å²) >= 11 is 0. The van der Waals surface area contributed by atoms with Crippen molar-refractivity contribution in [1.82, 2.24) is 0 Å². The van der Waals surface area contributed by atoms with E-state index >= 15 is 0 Å². The van der Waals surface area contributed by atoms with E-state index in [1.165, 1.54) is 0 Å². The van der Waals surface area contributed by atoms with Gasteiger partial charge in [-0.15, -0.1) is 0 Å². The first kappa shape index (κ1) is 19.3. The highest BCUT2D eigenvalue weighted by atomic mass is 32.2. The molecule has 0 spiro atoms. The molecule has 4 nitrogen and oxygen atoms in total. The molecule has 27 heavy (non-hydrogen) atoms. The molecule has 0 aliphatic carbocycles. The van der Waals surface area contributed by atoms with E-state index in [1.54, 1.807) is 55.5 Å². The number of alkyl halides is 1. The van der Waals surface area contributed by atoms with Gasteiger partial charge in [-0.3, -0.25) is 4.79 Å². The average molecular weight is 388 g/mol. The Morgan fingerprint density at radius 1 is 0.963 bits per heavy atom. The van der Waals surface area contributed by atoms with Crippen molar-refractivity contribution in [2.45, 2.75) is 38.3 Å². The number of thiol groups is 1. The summed E-state index contributed by atoms with van der Waals surface area (Å²) in [7, 11) is -2.50. The van der Waals surface area contributed by atoms with Gasteiger partial charge in [0.15, 0.2) is 5.60 Å². The Bertz CT molecular complexity index is 951. The Hall–Kier alpha value is -2.47. The number of hydrogen-bond acceptors (Lipinski definition) is 4. The van der Waals surface area contributed by atoms with Gasteiger partial charge in [-0.25, -0.2) is 12.8 Å². The maximum absolute atomic E-state index is 13.1. The van der Waals surface area contributed by atoms with E-state index in [2.05, 4.69) is 0 Å². The fourth-order valence-electron chi connectivity index (χ4n) is 3.06. The van der Waals surface area contributed by atoms with Crippen LogP contribution in [-0.2, 0) is 32.7 Å². The van der Waals surface area contributed by atoms with E-state index < -0.39 is 23.0 Å². The molecule has 0 aromatic heterocycles. The van der Waals surface area contributed by atoms with E-state index in [0.717, 1.165) is 0 Å². The van der Waals surface area contributed by atoms with E-state index in [-0.39, 0.29) is 11.5 Å². The molecule has 1 atom stereocenters. The smallest absolute Gasteiger partial charge is 0.210 e. The Kier molecular flexibility index (Phi) is 5.46. The van der Waals surface area contributed by atoms with Crippen LogP contribution in [0.3, 0.4) is 0 Å². The molecule has 6 heteroatoms. The summed E-state index contributed by atoms with van der Waals surface area (Å²) in [6, 6.07) is 13.7. The van der Waals surface area contributed by atoms with E-state index in [9.17, 15) is 17.6 Å². The minimum Gasteiger partial charge on any atom is -0.478 e. The Labute approximate surface area is 159 Å². The lowest BCUT2D eigenvalue weighted by molar-refractivity contribution is -0.126. The third kappa shape index (κ3) is 3.81. The number of ketones is 1. The molecule has 0 bridgehead atoms. The number of hydrogen-bond donors (Lipinski definition) is 1. The zero-order valence-corrected chi connectivity index (χ0v) is 16.1. The lowest BCUT2D eigenvalue weighted by atomic mass is 9.89. The number of halogens is 1. The molecular weight excluding hydrogens is 367 g/mol. The van der Waals surface area contributed by atoms with Gasteiger partial charge >= 0.3 is 0 Å². The van der Waals surface area contributed by atoms with Crippen molar-refractivity contribution >= 4 is 27.8 Å². The van der Waals surface area contributed by atoms with Gasteiger partial charge in [0, 0.05) is 5.56 Å². The number of carbonyl (C=O) groups excluding carboxylic acids is 1. The van der Waals surface area contributed by atoms with Crippen molar-refractivity contribution in [3.8, 4) is 0 Å². The fraction of sp³-hybridized carbons (Fsp3) is 0.286. The molecule has 0 saturated carbocycles. The molecule has 3 rings (SSSR count). The van der Waals surface area contributed by atoms with Crippen LogP contribution in [0.15, 0.2) is 48.5 Å². The van der Waals surface area contributed by atoms with Crippen molar-refractivity contribution in [2.75, 3.05) is 0 Å². The highest BCUT2D eigenvalue weighted by Gasteiger charge is 2.45. The van der Waals surface area contributed by atoms with Gasteiger partial charge in [-0.1, -0.05) is 55.5 Å². The molecule has 1 aliphatic heterocycles. The van der Waals surface area contributed by atoms with Gasteiger partial charge in [-0.2, -0.15) is 0 Å². The topological polar surface area (TPSA) is 60.4 Å². The number of benzene rings is 2. The quantitative estimate of drug-likeness (QED) is 0.763. The zero-order chi connectivity index (χ0) is 19.6. The highest BCUT2D eigenvalue weighted by Crippen LogP contribution is 2.42. The van der Waals surface area contributed by atoms with Crippen molar-refractivity contribution in [3.63, 3.8) is 0 Å². The first-order chi connectivity index (χ1) is 12.9.